The van der Waals surface area contributed by atoms with Crippen LogP contribution in [-0.2, 0) is 18.2 Å². The molecule has 118 valence electrons. The van der Waals surface area contributed by atoms with Crippen LogP contribution in [0.25, 0.3) is 0 Å². The van der Waals surface area contributed by atoms with Crippen LogP contribution in [-0.4, -0.2) is 9.55 Å². The van der Waals surface area contributed by atoms with E-state index in [9.17, 15) is 4.79 Å². The van der Waals surface area contributed by atoms with Crippen LogP contribution in [0.3, 0.4) is 0 Å². The van der Waals surface area contributed by atoms with Crippen LogP contribution >= 0.6 is 11.8 Å². The third-order valence-electron chi connectivity index (χ3n) is 3.91. The molecule has 0 aliphatic carbocycles. The molecule has 1 heterocycles. The van der Waals surface area contributed by atoms with E-state index in [4.69, 9.17) is 0 Å². The molecule has 0 radical (unpaired) electrons. The Kier molecular flexibility index (Phi) is 4.81. The molecule has 1 aromatic carbocycles. The first kappa shape index (κ1) is 16.8. The predicted octanol–water partition coefficient (Wildman–Crippen LogP) is 3.99. The zero-order valence-corrected chi connectivity index (χ0v) is 15.0. The number of aromatic nitrogens is 2. The first-order chi connectivity index (χ1) is 10.2. The molecule has 0 fully saturated rings. The van der Waals surface area contributed by atoms with Crippen LogP contribution in [0.1, 0.15) is 43.2 Å². The SMILES string of the molecule is Cc1nc(SCc2ccc(C(C)(C)C)cc2)n(C)c(=O)c1C. The minimum absolute atomic E-state index is 0.0399. The molecule has 0 saturated carbocycles. The van der Waals surface area contributed by atoms with Gasteiger partial charge in [0.1, 0.15) is 0 Å². The van der Waals surface area contributed by atoms with Gasteiger partial charge in [0.15, 0.2) is 5.16 Å². The van der Waals surface area contributed by atoms with E-state index in [2.05, 4.69) is 50.0 Å². The van der Waals surface area contributed by atoms with E-state index >= 15 is 0 Å². The molecule has 4 heteroatoms. The Morgan fingerprint density at radius 3 is 2.27 bits per heavy atom. The Balaban J connectivity index is 2.16. The van der Waals surface area contributed by atoms with Gasteiger partial charge >= 0.3 is 0 Å². The molecule has 0 unspecified atom stereocenters. The second-order valence-corrected chi connectivity index (χ2v) is 7.65. The topological polar surface area (TPSA) is 34.9 Å². The monoisotopic (exact) mass is 316 g/mol. The largest absolute Gasteiger partial charge is 0.291 e. The van der Waals surface area contributed by atoms with E-state index in [0.29, 0.717) is 0 Å². The second-order valence-electron chi connectivity index (χ2n) is 6.70. The van der Waals surface area contributed by atoms with E-state index in [1.165, 1.54) is 11.1 Å². The molecule has 0 N–H and O–H groups in total. The molecule has 1 aromatic heterocycles. The smallest absolute Gasteiger partial charge is 0.257 e. The number of thioether (sulfide) groups is 1. The summed E-state index contributed by atoms with van der Waals surface area (Å²) in [6.45, 7) is 10.4. The fourth-order valence-electron chi connectivity index (χ4n) is 2.17. The summed E-state index contributed by atoms with van der Waals surface area (Å²) in [6.07, 6.45) is 0. The summed E-state index contributed by atoms with van der Waals surface area (Å²) < 4.78 is 1.64. The van der Waals surface area contributed by atoms with Crippen molar-refractivity contribution in [2.24, 2.45) is 7.05 Å². The lowest BCUT2D eigenvalue weighted by atomic mass is 9.87. The molecule has 3 nitrogen and oxygen atoms in total. The molecule has 0 amide bonds. The Labute approximate surface area is 136 Å². The molecule has 22 heavy (non-hydrogen) atoms. The summed E-state index contributed by atoms with van der Waals surface area (Å²) in [5.74, 6) is 0.813. The first-order valence-electron chi connectivity index (χ1n) is 7.46. The highest BCUT2D eigenvalue weighted by atomic mass is 32.2. The third kappa shape index (κ3) is 3.61. The molecule has 0 saturated heterocycles. The average molecular weight is 316 g/mol. The summed E-state index contributed by atoms with van der Waals surface area (Å²) in [5, 5.41) is 0.771. The van der Waals surface area contributed by atoms with Gasteiger partial charge in [-0.25, -0.2) is 4.98 Å². The molecule has 0 aliphatic heterocycles. The first-order valence-corrected chi connectivity index (χ1v) is 8.45. The lowest BCUT2D eigenvalue weighted by molar-refractivity contribution is 0.590. The van der Waals surface area contributed by atoms with E-state index in [1.54, 1.807) is 23.4 Å². The normalized spacial score (nSPS) is 11.7. The van der Waals surface area contributed by atoms with Gasteiger partial charge in [-0.05, 0) is 30.4 Å². The van der Waals surface area contributed by atoms with Crippen molar-refractivity contribution in [2.45, 2.75) is 50.9 Å². The summed E-state index contributed by atoms with van der Waals surface area (Å²) in [6, 6.07) is 8.69. The molecule has 0 aliphatic rings. The van der Waals surface area contributed by atoms with Crippen molar-refractivity contribution in [3.8, 4) is 0 Å². The van der Waals surface area contributed by atoms with E-state index in [0.717, 1.165) is 22.2 Å². The summed E-state index contributed by atoms with van der Waals surface area (Å²) >= 11 is 1.60. The molecular weight excluding hydrogens is 292 g/mol. The zero-order chi connectivity index (χ0) is 16.5. The lowest BCUT2D eigenvalue weighted by Gasteiger charge is -2.19. The van der Waals surface area contributed by atoms with Gasteiger partial charge in [0.2, 0.25) is 0 Å². The maximum atomic E-state index is 12.1. The minimum Gasteiger partial charge on any atom is -0.291 e. The summed E-state index contributed by atoms with van der Waals surface area (Å²) in [7, 11) is 1.78. The fraction of sp³-hybridized carbons (Fsp3) is 0.444. The minimum atomic E-state index is 0.0399. The number of hydrogen-bond acceptors (Lipinski definition) is 3. The molecule has 0 spiro atoms. The van der Waals surface area contributed by atoms with Crippen molar-refractivity contribution in [3.63, 3.8) is 0 Å². The Morgan fingerprint density at radius 2 is 1.73 bits per heavy atom. The maximum Gasteiger partial charge on any atom is 0.257 e. The number of aryl methyl sites for hydroxylation is 1. The van der Waals surface area contributed by atoms with Crippen LogP contribution in [0.4, 0.5) is 0 Å². The van der Waals surface area contributed by atoms with Gasteiger partial charge in [-0.2, -0.15) is 0 Å². The summed E-state index contributed by atoms with van der Waals surface area (Å²) in [5.41, 5.74) is 4.32. The van der Waals surface area contributed by atoms with Gasteiger partial charge in [0, 0.05) is 24.1 Å². The Hall–Kier alpha value is -1.55. The second kappa shape index (κ2) is 6.29. The average Bonchev–Trinajstić information content (AvgIpc) is 2.47. The number of hydrogen-bond donors (Lipinski definition) is 0. The standard InChI is InChI=1S/C18H24N2OS/c1-12-13(2)19-17(20(6)16(12)21)22-11-14-7-9-15(10-8-14)18(3,4)5/h7-10H,11H2,1-6H3. The molecule has 0 atom stereocenters. The quantitative estimate of drug-likeness (QED) is 0.634. The van der Waals surface area contributed by atoms with Gasteiger partial charge in [0.05, 0.1) is 0 Å². The number of nitrogens with zero attached hydrogens (tertiary/aromatic N) is 2. The van der Waals surface area contributed by atoms with Crippen LogP contribution in [0.15, 0.2) is 34.2 Å². The van der Waals surface area contributed by atoms with Crippen molar-refractivity contribution in [1.29, 1.82) is 0 Å². The van der Waals surface area contributed by atoms with Crippen molar-refractivity contribution in [1.82, 2.24) is 9.55 Å². The Morgan fingerprint density at radius 1 is 1.14 bits per heavy atom. The zero-order valence-electron chi connectivity index (χ0n) is 14.2. The van der Waals surface area contributed by atoms with Crippen LogP contribution in [0.2, 0.25) is 0 Å². The van der Waals surface area contributed by atoms with Crippen LogP contribution in [0.5, 0.6) is 0 Å². The van der Waals surface area contributed by atoms with Crippen molar-refractivity contribution >= 4 is 11.8 Å². The van der Waals surface area contributed by atoms with Crippen LogP contribution in [0, 0.1) is 13.8 Å². The van der Waals surface area contributed by atoms with Crippen molar-refractivity contribution in [2.75, 3.05) is 0 Å². The predicted molar refractivity (Wildman–Crippen MR) is 93.7 cm³/mol. The highest BCUT2D eigenvalue weighted by Gasteiger charge is 2.13. The number of benzene rings is 1. The van der Waals surface area contributed by atoms with Gasteiger partial charge in [-0.3, -0.25) is 9.36 Å². The van der Waals surface area contributed by atoms with Gasteiger partial charge < -0.3 is 0 Å². The molecule has 0 bridgehead atoms. The van der Waals surface area contributed by atoms with Gasteiger partial charge in [-0.15, -0.1) is 0 Å². The molecule has 2 aromatic rings. The molecule has 2 rings (SSSR count). The van der Waals surface area contributed by atoms with E-state index in [1.807, 2.05) is 13.8 Å². The van der Waals surface area contributed by atoms with E-state index in [-0.39, 0.29) is 11.0 Å². The van der Waals surface area contributed by atoms with Gasteiger partial charge in [0.25, 0.3) is 5.56 Å². The number of rotatable bonds is 3. The van der Waals surface area contributed by atoms with E-state index < -0.39 is 0 Å². The summed E-state index contributed by atoms with van der Waals surface area (Å²) in [4.78, 5) is 16.6. The van der Waals surface area contributed by atoms with Crippen molar-refractivity contribution in [3.05, 3.63) is 57.0 Å². The van der Waals surface area contributed by atoms with Gasteiger partial charge in [-0.1, -0.05) is 56.8 Å². The Bertz CT molecular complexity index is 724. The molecular formula is C18H24N2OS. The highest BCUT2D eigenvalue weighted by Crippen LogP contribution is 2.25. The van der Waals surface area contributed by atoms with Crippen molar-refractivity contribution < 1.29 is 0 Å². The maximum absolute atomic E-state index is 12.1. The lowest BCUT2D eigenvalue weighted by Crippen LogP contribution is -2.23. The highest BCUT2D eigenvalue weighted by molar-refractivity contribution is 7.98. The third-order valence-corrected chi connectivity index (χ3v) is 5.01. The fourth-order valence-corrected chi connectivity index (χ4v) is 3.14. The van der Waals surface area contributed by atoms with Crippen LogP contribution < -0.4 is 5.56 Å².